The molecule has 1 N–H and O–H groups in total. The van der Waals surface area contributed by atoms with Crippen molar-refractivity contribution >= 4 is 38.4 Å². The van der Waals surface area contributed by atoms with Crippen LogP contribution in [-0.2, 0) is 46.5 Å². The van der Waals surface area contributed by atoms with Gasteiger partial charge in [-0.3, -0.25) is 23.5 Å². The molecule has 2 aromatic heterocycles. The predicted molar refractivity (Wildman–Crippen MR) is 139 cm³/mol. The average Bonchev–Trinajstić information content (AvgIpc) is 3.80. The Morgan fingerprint density at radius 2 is 1.82 bits per heavy atom. The van der Waals surface area contributed by atoms with Crippen LogP contribution in [0.4, 0.5) is 5.69 Å². The van der Waals surface area contributed by atoms with Crippen molar-refractivity contribution in [2.75, 3.05) is 11.5 Å². The Hall–Kier alpha value is -3.98. The lowest BCUT2D eigenvalue weighted by Gasteiger charge is -2.09. The monoisotopic (exact) mass is 540 g/mol. The van der Waals surface area contributed by atoms with E-state index in [0.29, 0.717) is 16.8 Å². The van der Waals surface area contributed by atoms with E-state index in [1.807, 2.05) is 0 Å². The number of rotatable bonds is 7. The van der Waals surface area contributed by atoms with Gasteiger partial charge in [0.1, 0.15) is 5.78 Å². The molecule has 3 aromatic rings. The Morgan fingerprint density at radius 1 is 1.11 bits per heavy atom. The number of aryl methyl sites for hydroxylation is 1. The van der Waals surface area contributed by atoms with E-state index in [0.717, 1.165) is 39.4 Å². The molecule has 1 aromatic carbocycles. The largest absolute Gasteiger partial charge is 0.333 e. The van der Waals surface area contributed by atoms with Gasteiger partial charge in [-0.05, 0) is 49.4 Å². The zero-order valence-electron chi connectivity index (χ0n) is 23.8. The highest BCUT2D eigenvalue weighted by Gasteiger charge is 2.31. The Labute approximate surface area is 222 Å². The van der Waals surface area contributed by atoms with E-state index in [2.05, 4.69) is 22.1 Å². The first-order chi connectivity index (χ1) is 19.2. The minimum absolute atomic E-state index is 0.0299. The summed E-state index contributed by atoms with van der Waals surface area (Å²) in [5.74, 6) is 5.77. The van der Waals surface area contributed by atoms with E-state index in [4.69, 9.17) is 4.11 Å². The van der Waals surface area contributed by atoms with Gasteiger partial charge in [0.15, 0.2) is 11.2 Å². The van der Waals surface area contributed by atoms with Crippen LogP contribution in [0.3, 0.4) is 0 Å². The van der Waals surface area contributed by atoms with Crippen molar-refractivity contribution in [3.8, 4) is 11.8 Å². The van der Waals surface area contributed by atoms with E-state index in [9.17, 15) is 27.6 Å². The van der Waals surface area contributed by atoms with Gasteiger partial charge in [-0.1, -0.05) is 11.8 Å². The second-order valence-electron chi connectivity index (χ2n) is 9.76. The first kappa shape index (κ1) is 22.0. The third-order valence-corrected chi connectivity index (χ3v) is 7.49. The Balaban J connectivity index is 1.53. The highest BCUT2D eigenvalue weighted by Crippen LogP contribution is 2.32. The minimum Gasteiger partial charge on any atom is -0.326 e. The van der Waals surface area contributed by atoms with Crippen LogP contribution in [-0.4, -0.2) is 45.0 Å². The Kier molecular flexibility index (Phi) is 5.45. The van der Waals surface area contributed by atoms with Crippen molar-refractivity contribution in [1.82, 2.24) is 18.7 Å². The number of imidazole rings is 1. The molecule has 0 aliphatic heterocycles. The van der Waals surface area contributed by atoms with Crippen molar-refractivity contribution in [1.29, 1.82) is 0 Å². The maximum atomic E-state index is 13.0. The number of aromatic nitrogens is 4. The molecule has 0 unspecified atom stereocenters. The molecule has 38 heavy (non-hydrogen) atoms. The van der Waals surface area contributed by atoms with Gasteiger partial charge >= 0.3 is 5.69 Å². The minimum atomic E-state index is -4.93. The highest BCUT2D eigenvalue weighted by molar-refractivity contribution is 7.90. The number of anilines is 1. The third-order valence-electron chi connectivity index (χ3n) is 6.65. The average molecular weight is 541 g/mol. The molecule has 0 saturated heterocycles. The molecule has 1 amide bonds. The molecule has 0 radical (unpaired) electrons. The van der Waals surface area contributed by atoms with Crippen LogP contribution in [0.2, 0.25) is 0 Å². The molecule has 11 nitrogen and oxygen atoms in total. The highest BCUT2D eigenvalue weighted by atomic mass is 32.2. The molecule has 2 aliphatic rings. The molecular weight excluding hydrogens is 510 g/mol. The van der Waals surface area contributed by atoms with Gasteiger partial charge in [-0.2, -0.15) is 4.98 Å². The summed E-state index contributed by atoms with van der Waals surface area (Å²) in [5, 5.41) is 1.99. The molecule has 2 heterocycles. The summed E-state index contributed by atoms with van der Waals surface area (Å²) in [6, 6.07) is 5.12. The number of carbonyl (C=O) groups excluding carboxylic acids is 2. The van der Waals surface area contributed by atoms with Gasteiger partial charge in [-0.15, -0.1) is 0 Å². The zero-order chi connectivity index (χ0) is 29.9. The number of fused-ring (bicyclic) bond motifs is 1. The number of benzene rings is 1. The summed E-state index contributed by atoms with van der Waals surface area (Å²) in [7, 11) is -2.55. The van der Waals surface area contributed by atoms with Gasteiger partial charge in [0.2, 0.25) is 20.9 Å². The second-order valence-corrected chi connectivity index (χ2v) is 11.1. The van der Waals surface area contributed by atoms with Gasteiger partial charge < -0.3 is 9.88 Å². The van der Waals surface area contributed by atoms with E-state index in [-0.39, 0.29) is 47.7 Å². The van der Waals surface area contributed by atoms with Crippen molar-refractivity contribution in [2.24, 2.45) is 25.9 Å². The van der Waals surface area contributed by atoms with Gasteiger partial charge in [-0.25, -0.2) is 13.2 Å². The van der Waals surface area contributed by atoms with Crippen molar-refractivity contribution < 1.29 is 22.1 Å². The van der Waals surface area contributed by atoms with Gasteiger partial charge in [0.05, 0.1) is 6.54 Å². The van der Waals surface area contributed by atoms with Crippen molar-refractivity contribution in [3.05, 3.63) is 50.2 Å². The number of hydrogen-bond donors (Lipinski definition) is 1. The third kappa shape index (κ3) is 5.06. The molecule has 12 heteroatoms. The van der Waals surface area contributed by atoms with Gasteiger partial charge in [0, 0.05) is 53.9 Å². The van der Waals surface area contributed by atoms with Crippen LogP contribution in [0, 0.1) is 23.7 Å². The van der Waals surface area contributed by atoms with Gasteiger partial charge in [0.25, 0.3) is 5.56 Å². The van der Waals surface area contributed by atoms with E-state index in [1.165, 1.54) is 14.1 Å². The fraction of sp³-hybridized carbons (Fsp3) is 0.423. The molecule has 0 spiro atoms. The fourth-order valence-corrected chi connectivity index (χ4v) is 4.95. The molecular formula is C26H27N5O6S. The molecule has 2 aliphatic carbocycles. The van der Waals surface area contributed by atoms with Crippen LogP contribution in [0.5, 0.6) is 0 Å². The van der Waals surface area contributed by atoms with Crippen LogP contribution in [0.15, 0.2) is 32.9 Å². The maximum absolute atomic E-state index is 13.0. The number of amides is 1. The first-order valence-corrected chi connectivity index (χ1v) is 13.5. The van der Waals surface area contributed by atoms with Crippen LogP contribution in [0.25, 0.3) is 11.2 Å². The standard InChI is InChI=1S/C26H27N5O6S/c1-29-21-22(28-25(29)38(3,36)37)31(26(35)30(2)24(21)34)10-4-5-15-11-16(14-20(32)17-6-7-17)13-19(12-15)27-23(33)18-8-9-18/h11-13,17-18H,6-10,14H2,1-3H3,(H,27,33)/i3D3. The first-order valence-electron chi connectivity index (χ1n) is 13.6. The van der Waals surface area contributed by atoms with Crippen LogP contribution >= 0.6 is 0 Å². The molecule has 198 valence electrons. The maximum Gasteiger partial charge on any atom is 0.333 e. The smallest absolute Gasteiger partial charge is 0.326 e. The quantitative estimate of drug-likeness (QED) is 0.436. The second kappa shape index (κ2) is 9.40. The fourth-order valence-electron chi connectivity index (χ4n) is 4.29. The number of Topliss-reactive ketones (excluding diaryl/α,β-unsaturated/α-hetero) is 1. The number of hydrogen-bond acceptors (Lipinski definition) is 7. The number of nitrogens with one attached hydrogen (secondary N) is 1. The lowest BCUT2D eigenvalue weighted by atomic mass is 10.0. The van der Waals surface area contributed by atoms with Crippen LogP contribution < -0.4 is 16.6 Å². The summed E-state index contributed by atoms with van der Waals surface area (Å²) in [6.07, 6.45) is 0.150. The van der Waals surface area contributed by atoms with E-state index in [1.54, 1.807) is 18.2 Å². The lowest BCUT2D eigenvalue weighted by molar-refractivity contribution is -0.119. The SMILES string of the molecule is [2H]C([2H])([2H])S(=O)(=O)c1nc2c(c(=O)n(C)c(=O)n2CC#Cc2cc(CC(=O)C3CC3)cc(NC(=O)C3CC3)c2)n1C. The number of ketones is 1. The van der Waals surface area contributed by atoms with Crippen molar-refractivity contribution in [2.45, 2.75) is 43.8 Å². The summed E-state index contributed by atoms with van der Waals surface area (Å²) in [5.41, 5.74) is -0.614. The summed E-state index contributed by atoms with van der Waals surface area (Å²) in [6.45, 7) is -0.317. The zero-order valence-corrected chi connectivity index (χ0v) is 21.6. The summed E-state index contributed by atoms with van der Waals surface area (Å²) < 4.78 is 50.0. The Morgan fingerprint density at radius 3 is 2.47 bits per heavy atom. The Bertz CT molecular complexity index is 1860. The lowest BCUT2D eigenvalue weighted by Crippen LogP contribution is -2.38. The number of sulfone groups is 1. The van der Waals surface area contributed by atoms with E-state index >= 15 is 0 Å². The topological polar surface area (TPSA) is 142 Å². The predicted octanol–water partition coefficient (Wildman–Crippen LogP) is 0.759. The van der Waals surface area contributed by atoms with E-state index < -0.39 is 32.4 Å². The van der Waals surface area contributed by atoms with Crippen LogP contribution in [0.1, 0.15) is 40.9 Å². The number of nitrogens with zero attached hydrogens (tertiary/aromatic N) is 4. The molecule has 2 fully saturated rings. The number of carbonyl (C=O) groups is 2. The summed E-state index contributed by atoms with van der Waals surface area (Å²) in [4.78, 5) is 54.5. The van der Waals surface area contributed by atoms with Crippen molar-refractivity contribution in [3.63, 3.8) is 0 Å². The molecule has 5 rings (SSSR count). The molecule has 0 atom stereocenters. The molecule has 0 bridgehead atoms. The summed E-state index contributed by atoms with van der Waals surface area (Å²) >= 11 is 0. The molecule has 2 saturated carbocycles. The normalized spacial score (nSPS) is 16.7.